The Morgan fingerprint density at radius 1 is 1.05 bits per heavy atom. The molecule has 0 spiro atoms. The van der Waals surface area contributed by atoms with Gasteiger partial charge in [0.1, 0.15) is 5.75 Å². The fourth-order valence-corrected chi connectivity index (χ4v) is 2.97. The summed E-state index contributed by atoms with van der Waals surface area (Å²) < 4.78 is 0. The average molecular weight is 294 g/mol. The molecular formula is C15H13Cl2NO. The molecule has 1 aliphatic heterocycles. The lowest BCUT2D eigenvalue weighted by Crippen LogP contribution is -2.30. The van der Waals surface area contributed by atoms with E-state index in [1.807, 2.05) is 24.3 Å². The van der Waals surface area contributed by atoms with Crippen molar-refractivity contribution in [3.63, 3.8) is 0 Å². The van der Waals surface area contributed by atoms with Crippen LogP contribution in [0.5, 0.6) is 5.75 Å². The van der Waals surface area contributed by atoms with Gasteiger partial charge in [0.2, 0.25) is 0 Å². The van der Waals surface area contributed by atoms with Crippen LogP contribution in [-0.4, -0.2) is 11.7 Å². The highest BCUT2D eigenvalue weighted by Crippen LogP contribution is 2.35. The summed E-state index contributed by atoms with van der Waals surface area (Å²) in [6, 6.07) is 11.0. The van der Waals surface area contributed by atoms with E-state index in [0.717, 1.165) is 29.7 Å². The van der Waals surface area contributed by atoms with Gasteiger partial charge in [-0.2, -0.15) is 0 Å². The summed E-state index contributed by atoms with van der Waals surface area (Å²) >= 11 is 12.3. The first kappa shape index (κ1) is 12.8. The Balaban J connectivity index is 2.11. The third-order valence-electron chi connectivity index (χ3n) is 3.45. The Bertz CT molecular complexity index is 628. The van der Waals surface area contributed by atoms with Crippen LogP contribution < -0.4 is 5.32 Å². The minimum atomic E-state index is 0.0237. The second-order valence-corrected chi connectivity index (χ2v) is 5.53. The van der Waals surface area contributed by atoms with Crippen molar-refractivity contribution in [3.05, 3.63) is 63.1 Å². The van der Waals surface area contributed by atoms with E-state index in [2.05, 4.69) is 5.32 Å². The lowest BCUT2D eigenvalue weighted by atomic mass is 9.90. The van der Waals surface area contributed by atoms with E-state index < -0.39 is 0 Å². The lowest BCUT2D eigenvalue weighted by Gasteiger charge is -2.28. The topological polar surface area (TPSA) is 32.3 Å². The first-order chi connectivity index (χ1) is 9.15. The predicted molar refractivity (Wildman–Crippen MR) is 78.1 cm³/mol. The quantitative estimate of drug-likeness (QED) is 0.835. The fourth-order valence-electron chi connectivity index (χ4n) is 2.56. The molecule has 0 bridgehead atoms. The number of phenols is 1. The fraction of sp³-hybridized carbons (Fsp3) is 0.200. The van der Waals surface area contributed by atoms with Crippen molar-refractivity contribution in [3.8, 4) is 5.75 Å². The minimum absolute atomic E-state index is 0.0237. The van der Waals surface area contributed by atoms with Crippen molar-refractivity contribution in [1.29, 1.82) is 0 Å². The van der Waals surface area contributed by atoms with Crippen LogP contribution in [0.15, 0.2) is 36.4 Å². The maximum atomic E-state index is 9.58. The van der Waals surface area contributed by atoms with Gasteiger partial charge >= 0.3 is 0 Å². The Labute approximate surface area is 122 Å². The van der Waals surface area contributed by atoms with Crippen molar-refractivity contribution in [1.82, 2.24) is 5.32 Å². The molecule has 3 rings (SSSR count). The third kappa shape index (κ3) is 2.44. The Morgan fingerprint density at radius 2 is 1.89 bits per heavy atom. The van der Waals surface area contributed by atoms with Gasteiger partial charge in [0, 0.05) is 16.6 Å². The molecule has 1 aliphatic rings. The molecule has 0 amide bonds. The van der Waals surface area contributed by atoms with E-state index in [4.69, 9.17) is 23.2 Å². The molecule has 2 aromatic carbocycles. The normalized spacial score (nSPS) is 18.1. The molecule has 2 N–H and O–H groups in total. The van der Waals surface area contributed by atoms with Gasteiger partial charge < -0.3 is 10.4 Å². The van der Waals surface area contributed by atoms with Crippen LogP contribution in [0.2, 0.25) is 10.0 Å². The number of aromatic hydroxyl groups is 1. The highest BCUT2D eigenvalue weighted by Gasteiger charge is 2.23. The third-order valence-corrected chi connectivity index (χ3v) is 4.03. The van der Waals surface area contributed by atoms with Crippen molar-refractivity contribution < 1.29 is 5.11 Å². The number of fused-ring (bicyclic) bond motifs is 1. The number of benzene rings is 2. The smallest absolute Gasteiger partial charge is 0.115 e. The molecule has 1 heterocycles. The van der Waals surface area contributed by atoms with Gasteiger partial charge in [-0.15, -0.1) is 0 Å². The number of phenolic OH excluding ortho intramolecular Hbond substituents is 1. The summed E-state index contributed by atoms with van der Waals surface area (Å²) in [5, 5.41) is 14.4. The van der Waals surface area contributed by atoms with Gasteiger partial charge in [-0.25, -0.2) is 0 Å². The van der Waals surface area contributed by atoms with E-state index in [1.165, 1.54) is 0 Å². The summed E-state index contributed by atoms with van der Waals surface area (Å²) in [6.07, 6.45) is 0.901. The molecule has 1 atom stereocenters. The van der Waals surface area contributed by atoms with E-state index >= 15 is 0 Å². The number of nitrogens with one attached hydrogen (secondary N) is 1. The van der Waals surface area contributed by atoms with Crippen LogP contribution in [0.4, 0.5) is 0 Å². The first-order valence-corrected chi connectivity index (χ1v) is 6.91. The number of hydrogen-bond acceptors (Lipinski definition) is 2. The van der Waals surface area contributed by atoms with Gasteiger partial charge in [-0.05, 0) is 53.4 Å². The number of rotatable bonds is 1. The largest absolute Gasteiger partial charge is 0.508 e. The van der Waals surface area contributed by atoms with Crippen molar-refractivity contribution in [2.24, 2.45) is 0 Å². The molecule has 2 aromatic rings. The Morgan fingerprint density at radius 3 is 2.74 bits per heavy atom. The van der Waals surface area contributed by atoms with E-state index in [1.54, 1.807) is 12.1 Å². The lowest BCUT2D eigenvalue weighted by molar-refractivity contribution is 0.471. The standard InChI is InChI=1S/C15H13Cl2NO/c16-10-1-4-14(17)13(8-10)15-12-3-2-11(19)7-9(12)5-6-18-15/h1-4,7-8,15,18-19H,5-6H2. The molecule has 0 aliphatic carbocycles. The summed E-state index contributed by atoms with van der Waals surface area (Å²) in [4.78, 5) is 0. The molecule has 2 nitrogen and oxygen atoms in total. The SMILES string of the molecule is Oc1ccc2c(c1)CCNC2c1cc(Cl)ccc1Cl. The first-order valence-electron chi connectivity index (χ1n) is 6.15. The van der Waals surface area contributed by atoms with Crippen LogP contribution in [0.3, 0.4) is 0 Å². The minimum Gasteiger partial charge on any atom is -0.508 e. The van der Waals surface area contributed by atoms with Crippen molar-refractivity contribution in [2.75, 3.05) is 6.54 Å². The number of halogens is 2. The highest BCUT2D eigenvalue weighted by molar-refractivity contribution is 6.33. The zero-order valence-corrected chi connectivity index (χ0v) is 11.7. The van der Waals surface area contributed by atoms with Crippen LogP contribution in [0, 0.1) is 0 Å². The monoisotopic (exact) mass is 293 g/mol. The van der Waals surface area contributed by atoms with Crippen LogP contribution in [0.1, 0.15) is 22.7 Å². The van der Waals surface area contributed by atoms with Crippen LogP contribution >= 0.6 is 23.2 Å². The second-order valence-electron chi connectivity index (χ2n) is 4.69. The summed E-state index contributed by atoms with van der Waals surface area (Å²) in [6.45, 7) is 0.851. The molecule has 0 radical (unpaired) electrons. The van der Waals surface area contributed by atoms with Crippen LogP contribution in [0.25, 0.3) is 0 Å². The zero-order chi connectivity index (χ0) is 13.4. The molecule has 0 fully saturated rings. The van der Waals surface area contributed by atoms with Gasteiger partial charge in [-0.3, -0.25) is 0 Å². The zero-order valence-electron chi connectivity index (χ0n) is 10.2. The maximum absolute atomic E-state index is 9.58. The molecule has 19 heavy (non-hydrogen) atoms. The number of hydrogen-bond donors (Lipinski definition) is 2. The maximum Gasteiger partial charge on any atom is 0.115 e. The molecule has 0 saturated carbocycles. The average Bonchev–Trinajstić information content (AvgIpc) is 2.40. The molecular weight excluding hydrogens is 281 g/mol. The van der Waals surface area contributed by atoms with Crippen LogP contribution in [-0.2, 0) is 6.42 Å². The van der Waals surface area contributed by atoms with Crippen molar-refractivity contribution in [2.45, 2.75) is 12.5 Å². The van der Waals surface area contributed by atoms with Gasteiger partial charge in [0.15, 0.2) is 0 Å². The summed E-state index contributed by atoms with van der Waals surface area (Å²) in [5.74, 6) is 0.302. The Kier molecular flexibility index (Phi) is 3.40. The van der Waals surface area contributed by atoms with Gasteiger partial charge in [-0.1, -0.05) is 29.3 Å². The summed E-state index contributed by atoms with van der Waals surface area (Å²) in [5.41, 5.74) is 3.27. The van der Waals surface area contributed by atoms with E-state index in [-0.39, 0.29) is 6.04 Å². The predicted octanol–water partition coefficient (Wildman–Crippen LogP) is 3.93. The molecule has 0 saturated heterocycles. The highest BCUT2D eigenvalue weighted by atomic mass is 35.5. The van der Waals surface area contributed by atoms with E-state index in [9.17, 15) is 5.11 Å². The molecule has 1 unspecified atom stereocenters. The van der Waals surface area contributed by atoms with Gasteiger partial charge in [0.05, 0.1) is 6.04 Å². The Hall–Kier alpha value is -1.22. The summed E-state index contributed by atoms with van der Waals surface area (Å²) in [7, 11) is 0. The molecule has 4 heteroatoms. The van der Waals surface area contributed by atoms with Gasteiger partial charge in [0.25, 0.3) is 0 Å². The molecule has 0 aromatic heterocycles. The van der Waals surface area contributed by atoms with Crippen molar-refractivity contribution >= 4 is 23.2 Å². The van der Waals surface area contributed by atoms with E-state index in [0.29, 0.717) is 15.8 Å². The molecule has 98 valence electrons. The second kappa shape index (κ2) is 5.04.